The van der Waals surface area contributed by atoms with E-state index in [0.717, 1.165) is 166 Å². The van der Waals surface area contributed by atoms with Crippen LogP contribution in [0.3, 0.4) is 0 Å². The van der Waals surface area contributed by atoms with Gasteiger partial charge in [0.25, 0.3) is 0 Å². The Hall–Kier alpha value is -8.40. The van der Waals surface area contributed by atoms with Gasteiger partial charge in [0, 0.05) is 79.8 Å². The number of aromatic nitrogens is 2. The lowest BCUT2D eigenvalue weighted by Gasteiger charge is -2.41. The molecule has 1 aromatic carbocycles. The van der Waals surface area contributed by atoms with E-state index in [9.17, 15) is 57.1 Å². The van der Waals surface area contributed by atoms with Gasteiger partial charge in [-0.05, 0) is 222 Å². The van der Waals surface area contributed by atoms with Crippen LogP contribution in [0.4, 0.5) is 41.9 Å². The number of carbonyl (C=O) groups excluding carboxylic acids is 10. The van der Waals surface area contributed by atoms with E-state index in [4.69, 9.17) is 75.9 Å². The quantitative estimate of drug-likeness (QED) is 0.0309. The topological polar surface area (TPSA) is 483 Å². The molecule has 4 saturated heterocycles. The van der Waals surface area contributed by atoms with Crippen LogP contribution in [0, 0.1) is 60.1 Å². The number of nitrogens with one attached hydrogen (secondary N) is 6. The predicted octanol–water partition coefficient (Wildman–Crippen LogP) is 11.0. The number of piperazine rings is 1. The number of amides is 9. The number of nitrogens with zero attached hydrogens (tertiary/aromatic N) is 5. The number of primary amides is 3. The SMILES string of the molecule is C1=CCCC1.CC(C)(C)OC(=O)N1C(=O)[C@H]2CCC[C@H]21.CC(C)(C)OC(=O)N[C@@H]1CCC[C@@H]1C(N)=O.COC(=O)[C@H]1CCC[C@H]1NC(=O)OC(C)(C)C.Cc1cc(Nc2ncc(F)c(N[C@@H]3CCC[C@@H]3C(N)=O)n2)ccc1N1CCN(C)CC1.ClCCl.NC(=O)[C@H]1CCC[C@H]1N.N[C@H]1CCC[C@H]1C(=O)O.O=C1NC2CCCC12.O=C1N[C@@H]2CCC[C@H]12. The lowest BCUT2D eigenvalue weighted by Crippen LogP contribution is -2.61. The minimum atomic E-state index is -0.736. The first kappa shape index (κ1) is 101. The Bertz CT molecular complexity index is 3710. The van der Waals surface area contributed by atoms with E-state index in [1.165, 1.54) is 62.6 Å². The van der Waals surface area contributed by atoms with Crippen molar-refractivity contribution in [3.8, 4) is 0 Å². The van der Waals surface area contributed by atoms with Crippen molar-refractivity contribution in [2.24, 2.45) is 76.0 Å². The normalized spacial score (nSPS) is 27.9. The number of alkyl halides is 2. The van der Waals surface area contributed by atoms with Gasteiger partial charge in [0.1, 0.15) is 16.8 Å². The van der Waals surface area contributed by atoms with E-state index in [0.29, 0.717) is 36.3 Å². The van der Waals surface area contributed by atoms with Crippen LogP contribution in [0.25, 0.3) is 0 Å². The van der Waals surface area contributed by atoms with Gasteiger partial charge in [0.15, 0.2) is 11.6 Å². The van der Waals surface area contributed by atoms with Gasteiger partial charge < -0.3 is 94.4 Å². The number of esters is 1. The van der Waals surface area contributed by atoms with Gasteiger partial charge in [0.05, 0.1) is 72.0 Å². The number of aliphatic carboxylic acids is 1. The minimum Gasteiger partial charge on any atom is -0.481 e. The number of aryl methyl sites for hydroxylation is 1. The average molecular weight is 1740 g/mol. The molecule has 8 saturated carbocycles. The number of carbonyl (C=O) groups is 11. The molecule has 9 aliphatic carbocycles. The van der Waals surface area contributed by atoms with E-state index in [1.807, 2.05) is 12.1 Å². The summed E-state index contributed by atoms with van der Waals surface area (Å²) in [5.41, 5.74) is 28.5. The summed E-state index contributed by atoms with van der Waals surface area (Å²) in [6.45, 7) is 22.4. The number of ether oxygens (including phenoxy) is 4. The summed E-state index contributed by atoms with van der Waals surface area (Å²) >= 11 is 9.53. The molecule has 16 atom stereocenters. The van der Waals surface area contributed by atoms with E-state index >= 15 is 0 Å². The number of alkyl carbamates (subject to hydrolysis) is 2. The molecule has 5 heterocycles. The zero-order valence-electron chi connectivity index (χ0n) is 73.2. The van der Waals surface area contributed by atoms with Crippen LogP contribution in [0.1, 0.15) is 241 Å². The van der Waals surface area contributed by atoms with E-state index in [-0.39, 0.29) is 124 Å². The zero-order valence-corrected chi connectivity index (χ0v) is 74.7. The first-order valence-corrected chi connectivity index (χ1v) is 44.3. The Labute approximate surface area is 723 Å². The number of likely N-dealkylation sites (N-methyl/N-ethyl adjacent to an activating group) is 1. The molecule has 9 amide bonds. The molecule has 12 fully saturated rings. The van der Waals surface area contributed by atoms with Gasteiger partial charge >= 0.3 is 30.2 Å². The number of halogens is 3. The summed E-state index contributed by atoms with van der Waals surface area (Å²) < 4.78 is 34.5. The molecule has 17 N–H and O–H groups in total. The molecule has 13 aliphatic rings. The second-order valence-corrected chi connectivity index (χ2v) is 37.1. The maximum atomic E-state index is 14.3. The predicted molar refractivity (Wildman–Crippen MR) is 462 cm³/mol. The number of β-lactam (4-membered cyclic amide) rings is 3. The molecular formula is C86H139Cl2FN16O16. The second-order valence-electron chi connectivity index (χ2n) is 36.2. The summed E-state index contributed by atoms with van der Waals surface area (Å²) in [4.78, 5) is 137. The summed E-state index contributed by atoms with van der Waals surface area (Å²) in [5, 5.41) is 26.1. The Morgan fingerprint density at radius 2 is 1.01 bits per heavy atom. The van der Waals surface area contributed by atoms with Gasteiger partial charge in [-0.2, -0.15) is 4.98 Å². The molecule has 35 heteroatoms. The zero-order chi connectivity index (χ0) is 89.6. The van der Waals surface area contributed by atoms with E-state index in [2.05, 4.69) is 83.9 Å². The van der Waals surface area contributed by atoms with Gasteiger partial charge in [-0.15, -0.1) is 23.2 Å². The fourth-order valence-electron chi connectivity index (χ4n) is 17.2. The van der Waals surface area contributed by atoms with Crippen molar-refractivity contribution < 1.29 is 81.2 Å². The molecule has 680 valence electrons. The van der Waals surface area contributed by atoms with E-state index < -0.39 is 46.9 Å². The van der Waals surface area contributed by atoms with Crippen molar-refractivity contribution >= 4 is 112 Å². The smallest absolute Gasteiger partial charge is 0.417 e. The highest BCUT2D eigenvalue weighted by atomic mass is 35.5. The van der Waals surface area contributed by atoms with Crippen LogP contribution in [-0.2, 0) is 57.3 Å². The number of likely N-dealkylation sites (tertiary alicyclic amines) is 1. The van der Waals surface area contributed by atoms with E-state index in [1.54, 1.807) is 62.3 Å². The fraction of sp³-hybridized carbons (Fsp3) is 0.733. The highest BCUT2D eigenvalue weighted by molar-refractivity contribution is 6.40. The third kappa shape index (κ3) is 33.0. The van der Waals surface area contributed by atoms with Crippen molar-refractivity contribution in [1.82, 2.24) is 41.0 Å². The highest BCUT2D eigenvalue weighted by Gasteiger charge is 2.54. The number of nitrogens with two attached hydrogens (primary N) is 5. The van der Waals surface area contributed by atoms with Crippen LogP contribution < -0.4 is 65.5 Å². The second kappa shape index (κ2) is 48.6. The first-order chi connectivity index (χ1) is 57.0. The number of rotatable bonds is 12. The van der Waals surface area contributed by atoms with Crippen molar-refractivity contribution in [2.45, 2.75) is 308 Å². The molecule has 0 spiro atoms. The Balaban J connectivity index is 0.000000220. The number of benzene rings is 1. The highest BCUT2D eigenvalue weighted by Crippen LogP contribution is 2.41. The number of methoxy groups -OCH3 is 1. The molecule has 32 nitrogen and oxygen atoms in total. The van der Waals surface area contributed by atoms with Gasteiger partial charge in [-0.25, -0.2) is 28.7 Å². The fourth-order valence-corrected chi connectivity index (χ4v) is 17.2. The van der Waals surface area contributed by atoms with Crippen LogP contribution in [-0.4, -0.2) is 201 Å². The lowest BCUT2D eigenvalue weighted by atomic mass is 9.91. The van der Waals surface area contributed by atoms with Crippen molar-refractivity contribution in [3.63, 3.8) is 0 Å². The van der Waals surface area contributed by atoms with Crippen LogP contribution in [0.5, 0.6) is 0 Å². The molecular weight excluding hydrogens is 1600 g/mol. The molecule has 2 aromatic rings. The number of hydrogen-bond donors (Lipinski definition) is 12. The number of carboxylic acids is 1. The van der Waals surface area contributed by atoms with Crippen LogP contribution in [0.2, 0.25) is 0 Å². The Kier molecular flexibility index (Phi) is 40.7. The molecule has 2 unspecified atom stereocenters. The maximum absolute atomic E-state index is 14.3. The van der Waals surface area contributed by atoms with Gasteiger partial charge in [0.2, 0.25) is 41.4 Å². The Morgan fingerprint density at radius 1 is 0.570 bits per heavy atom. The third-order valence-corrected chi connectivity index (χ3v) is 23.6. The maximum Gasteiger partial charge on any atom is 0.417 e. The number of fused-ring (bicyclic) bond motifs is 3. The number of imide groups is 1. The summed E-state index contributed by atoms with van der Waals surface area (Å²) in [6.07, 6.45) is 31.1. The molecule has 121 heavy (non-hydrogen) atoms. The number of carboxylic acid groups (broad SMARTS) is 1. The monoisotopic (exact) mass is 1740 g/mol. The van der Waals surface area contributed by atoms with Crippen molar-refractivity contribution in [3.05, 3.63) is 47.9 Å². The summed E-state index contributed by atoms with van der Waals surface area (Å²) in [5.74, 6) is -1.81. The van der Waals surface area contributed by atoms with Crippen LogP contribution in [0.15, 0.2) is 36.5 Å². The Morgan fingerprint density at radius 3 is 1.41 bits per heavy atom. The lowest BCUT2D eigenvalue weighted by molar-refractivity contribution is -0.151. The summed E-state index contributed by atoms with van der Waals surface area (Å²) in [7, 11) is 3.51. The molecule has 15 rings (SSSR count). The molecule has 1 aromatic heterocycles. The standard InChI is InChI=1S/C22H30FN7O.C12H21NO4.C11H20N2O3.C11H17NO3.C6H12N2O.C6H11NO2.2C6H9NO.C5H8.CH2Cl2/c1-14-12-15(6-7-19(14)30-10-8-29(2)9-11-30)26-22-25-13-17(23)21(28-22)27-18-5-3-4-16(18)20(24)31;1-12(2,3)17-11(15)13-9-7-5-6-8(9)10(14)16-4;1-11(2,3)16-10(15)13-8-6-4-5-7(8)9(12)14;1-11(2,3)15-10(14)12-8-6-4-5-7(8)9(12)13;2*7-5-3-1-2-4(5)6(8)9;2*8-6-4-2-1-3-5(4)7-6;1-2-4-5-3-1;2-1-3/h6-7,12-13,16,18H,3-5,8-11H2,1-2H3,(H2,24,31)(H2,25,26,27,28);8-9H,5-7H2,1-4H3,(H,13,15);7-8H,4-6H2,1-3H3,(H2,12,14)(H,13,15);7-8H,4-6H2,1-3H3;4-5H,1-3,7H2,(H2,8,9);4-5H,1-3,7H2,(H,8,9);2*4-5H,1-3H2,(H,7,8);1-2H,3-5H2;1H2/t16-,18+;8-,9+;2*7-,8+;3*4-,5+;;;/m0000010.../s1. The molecule has 4 aliphatic heterocycles. The van der Waals surface area contributed by atoms with Gasteiger partial charge in [-0.1, -0.05) is 63.5 Å². The molecule has 0 radical (unpaired) electrons. The number of anilines is 4. The number of allylic oxidation sites excluding steroid dienone is 2. The largest absolute Gasteiger partial charge is 0.481 e. The number of hydrogen-bond acceptors (Lipinski definition) is 23. The summed E-state index contributed by atoms with van der Waals surface area (Å²) in [6, 6.07) is 6.78. The minimum absolute atomic E-state index is 0.0301. The molecule has 0 bridgehead atoms. The van der Waals surface area contributed by atoms with Gasteiger partial charge in [-0.3, -0.25) is 38.4 Å². The average Bonchev–Trinajstić information content (AvgIpc) is 1.64. The first-order valence-electron chi connectivity index (χ1n) is 43.3. The third-order valence-electron chi connectivity index (χ3n) is 23.6. The van der Waals surface area contributed by atoms with Crippen LogP contribution >= 0.6 is 23.2 Å². The van der Waals surface area contributed by atoms with Crippen molar-refractivity contribution in [1.29, 1.82) is 0 Å². The van der Waals surface area contributed by atoms with Crippen molar-refractivity contribution in [2.75, 3.05) is 61.2 Å².